The SMILES string of the molecule is P[c-]1cccc1.[Fe+2].c1cc[cH-]c1. The Kier molecular flexibility index (Phi) is 7.09. The molecule has 0 radical (unpaired) electrons. The zero-order chi connectivity index (χ0) is 7.94. The van der Waals surface area contributed by atoms with Crippen molar-refractivity contribution in [3.05, 3.63) is 54.6 Å². The van der Waals surface area contributed by atoms with Gasteiger partial charge in [0.2, 0.25) is 0 Å². The second kappa shape index (κ2) is 7.31. The van der Waals surface area contributed by atoms with Crippen LogP contribution in [0.15, 0.2) is 54.6 Å². The van der Waals surface area contributed by atoms with Crippen molar-refractivity contribution in [1.29, 1.82) is 0 Å². The molecule has 2 aromatic rings. The van der Waals surface area contributed by atoms with Gasteiger partial charge in [-0.3, -0.25) is 0 Å². The Morgan fingerprint density at radius 2 is 1.42 bits per heavy atom. The Labute approximate surface area is 86.4 Å². The minimum atomic E-state index is 0. The summed E-state index contributed by atoms with van der Waals surface area (Å²) in [5.74, 6) is 0. The molecule has 2 heteroatoms. The molecule has 0 aliphatic rings. The van der Waals surface area contributed by atoms with Gasteiger partial charge < -0.3 is 0 Å². The summed E-state index contributed by atoms with van der Waals surface area (Å²) < 4.78 is 0. The van der Waals surface area contributed by atoms with Crippen LogP contribution in [-0.4, -0.2) is 0 Å². The first-order chi connectivity index (χ1) is 5.39. The van der Waals surface area contributed by atoms with Crippen molar-refractivity contribution >= 4 is 14.5 Å². The Hall–Kier alpha value is -0.351. The topological polar surface area (TPSA) is 0 Å². The van der Waals surface area contributed by atoms with Gasteiger partial charge in [0.1, 0.15) is 0 Å². The Bertz CT molecular complexity index is 228. The summed E-state index contributed by atoms with van der Waals surface area (Å²) in [5, 5.41) is 1.26. The zero-order valence-electron chi connectivity index (χ0n) is 6.63. The molecule has 0 amide bonds. The fourth-order valence-corrected chi connectivity index (χ4v) is 0.932. The maximum absolute atomic E-state index is 2.62. The normalized spacial score (nSPS) is 7.75. The fourth-order valence-electron chi connectivity index (χ4n) is 0.710. The molecule has 12 heavy (non-hydrogen) atoms. The van der Waals surface area contributed by atoms with E-state index in [-0.39, 0.29) is 17.1 Å². The van der Waals surface area contributed by atoms with Crippen molar-refractivity contribution in [2.45, 2.75) is 0 Å². The second-order valence-corrected chi connectivity index (χ2v) is 2.85. The van der Waals surface area contributed by atoms with E-state index in [2.05, 4.69) is 9.24 Å². The van der Waals surface area contributed by atoms with Gasteiger partial charge in [0, 0.05) is 0 Å². The predicted molar refractivity (Wildman–Crippen MR) is 53.4 cm³/mol. The molecule has 0 bridgehead atoms. The molecule has 0 nitrogen and oxygen atoms in total. The van der Waals surface area contributed by atoms with Crippen LogP contribution in [0.4, 0.5) is 0 Å². The molecule has 2 aromatic carbocycles. The van der Waals surface area contributed by atoms with E-state index in [9.17, 15) is 0 Å². The first-order valence-corrected chi connectivity index (χ1v) is 4.11. The van der Waals surface area contributed by atoms with Crippen LogP contribution in [0.3, 0.4) is 0 Å². The maximum atomic E-state index is 2.62. The van der Waals surface area contributed by atoms with Crippen molar-refractivity contribution in [3.63, 3.8) is 0 Å². The molecule has 64 valence electrons. The van der Waals surface area contributed by atoms with Crippen molar-refractivity contribution in [2.24, 2.45) is 0 Å². The Balaban J connectivity index is 0.000000189. The largest absolute Gasteiger partial charge is 2.00 e. The van der Waals surface area contributed by atoms with Crippen LogP contribution in [0, 0.1) is 0 Å². The standard InChI is InChI=1S/C5H6P.C5H5.Fe/c6-5-3-1-2-4-5;1-2-4-5-3-1;/h1-4H,6H2;1-5H;/q2*-1;+2. The molecule has 2 rings (SSSR count). The van der Waals surface area contributed by atoms with Crippen molar-refractivity contribution in [2.75, 3.05) is 0 Å². The molecule has 0 fully saturated rings. The molecule has 0 aliphatic heterocycles. The third-order valence-corrected chi connectivity index (χ3v) is 1.63. The summed E-state index contributed by atoms with van der Waals surface area (Å²) >= 11 is 0. The van der Waals surface area contributed by atoms with Crippen LogP contribution in [0.25, 0.3) is 0 Å². The molecule has 0 saturated heterocycles. The molecule has 0 spiro atoms. The van der Waals surface area contributed by atoms with Crippen molar-refractivity contribution < 1.29 is 17.1 Å². The van der Waals surface area contributed by atoms with E-state index in [4.69, 9.17) is 0 Å². The number of hydrogen-bond donors (Lipinski definition) is 0. The van der Waals surface area contributed by atoms with Gasteiger partial charge in [-0.05, 0) is 0 Å². The van der Waals surface area contributed by atoms with E-state index in [1.54, 1.807) is 0 Å². The predicted octanol–water partition coefficient (Wildman–Crippen LogP) is 2.31. The van der Waals surface area contributed by atoms with Gasteiger partial charge in [-0.15, -0.1) is 5.30 Å². The van der Waals surface area contributed by atoms with E-state index >= 15 is 0 Å². The average Bonchev–Trinajstić information content (AvgIpc) is 2.57. The minimum absolute atomic E-state index is 0. The Morgan fingerprint density at radius 3 is 1.58 bits per heavy atom. The molecule has 0 aromatic heterocycles. The number of hydrogen-bond acceptors (Lipinski definition) is 0. The average molecular weight is 218 g/mol. The van der Waals surface area contributed by atoms with E-state index in [0.717, 1.165) is 0 Å². The van der Waals surface area contributed by atoms with Crippen molar-refractivity contribution in [1.82, 2.24) is 0 Å². The van der Waals surface area contributed by atoms with Gasteiger partial charge in [-0.1, -0.05) is 0 Å². The molecule has 0 heterocycles. The summed E-state index contributed by atoms with van der Waals surface area (Å²) in [7, 11) is 2.62. The first kappa shape index (κ1) is 11.6. The third-order valence-electron chi connectivity index (χ3n) is 1.24. The Morgan fingerprint density at radius 1 is 0.917 bits per heavy atom. The summed E-state index contributed by atoms with van der Waals surface area (Å²) in [4.78, 5) is 0. The molecule has 0 saturated carbocycles. The van der Waals surface area contributed by atoms with Crippen LogP contribution in [0.5, 0.6) is 0 Å². The van der Waals surface area contributed by atoms with E-state index in [1.165, 1.54) is 5.30 Å². The smallest absolute Gasteiger partial charge is 0.214 e. The van der Waals surface area contributed by atoms with Gasteiger partial charge in [0.15, 0.2) is 0 Å². The van der Waals surface area contributed by atoms with Crippen LogP contribution in [0.1, 0.15) is 0 Å². The van der Waals surface area contributed by atoms with E-state index in [1.807, 2.05) is 54.6 Å². The molecule has 1 unspecified atom stereocenters. The van der Waals surface area contributed by atoms with Crippen LogP contribution in [0.2, 0.25) is 0 Å². The van der Waals surface area contributed by atoms with Crippen LogP contribution >= 0.6 is 9.24 Å². The zero-order valence-corrected chi connectivity index (χ0v) is 8.89. The third kappa shape index (κ3) is 5.32. The molecular formula is C10H11FeP. The quantitative estimate of drug-likeness (QED) is 0.361. The summed E-state index contributed by atoms with van der Waals surface area (Å²) in [6, 6.07) is 18.1. The maximum Gasteiger partial charge on any atom is 2.00 e. The van der Waals surface area contributed by atoms with Crippen LogP contribution < -0.4 is 5.30 Å². The molecule has 0 N–H and O–H groups in total. The van der Waals surface area contributed by atoms with Crippen LogP contribution in [-0.2, 0) is 17.1 Å². The summed E-state index contributed by atoms with van der Waals surface area (Å²) in [6.07, 6.45) is 0. The van der Waals surface area contributed by atoms with Crippen molar-refractivity contribution in [3.8, 4) is 0 Å². The first-order valence-electron chi connectivity index (χ1n) is 3.53. The molecule has 0 aliphatic carbocycles. The van der Waals surface area contributed by atoms with Gasteiger partial charge in [-0.2, -0.15) is 39.6 Å². The monoisotopic (exact) mass is 218 g/mol. The summed E-state index contributed by atoms with van der Waals surface area (Å²) in [5.41, 5.74) is 0. The van der Waals surface area contributed by atoms with Gasteiger partial charge in [0.05, 0.1) is 0 Å². The minimum Gasteiger partial charge on any atom is -0.214 e. The van der Waals surface area contributed by atoms with Gasteiger partial charge in [0.25, 0.3) is 0 Å². The molecular weight excluding hydrogens is 207 g/mol. The van der Waals surface area contributed by atoms with Gasteiger partial charge >= 0.3 is 17.1 Å². The van der Waals surface area contributed by atoms with E-state index < -0.39 is 0 Å². The van der Waals surface area contributed by atoms with Gasteiger partial charge in [-0.25, -0.2) is 24.3 Å². The number of rotatable bonds is 0. The fraction of sp³-hybridized carbons (Fsp3) is 0. The molecule has 1 atom stereocenters. The second-order valence-electron chi connectivity index (χ2n) is 2.18. The van der Waals surface area contributed by atoms with E-state index in [0.29, 0.717) is 0 Å². The summed E-state index contributed by atoms with van der Waals surface area (Å²) in [6.45, 7) is 0.